The van der Waals surface area contributed by atoms with Gasteiger partial charge in [0, 0.05) is 12.5 Å². The van der Waals surface area contributed by atoms with Crippen molar-refractivity contribution in [2.24, 2.45) is 5.73 Å². The smallest absolute Gasteiger partial charge is 0.305 e. The summed E-state index contributed by atoms with van der Waals surface area (Å²) in [7, 11) is 1.40. The number of carbonyl (C=O) groups is 1. The van der Waals surface area contributed by atoms with Crippen molar-refractivity contribution in [2.75, 3.05) is 7.11 Å². The first-order valence-corrected chi connectivity index (χ1v) is 5.86. The number of methoxy groups -OCH3 is 1. The summed E-state index contributed by atoms with van der Waals surface area (Å²) in [5, 5.41) is 0. The zero-order valence-corrected chi connectivity index (χ0v) is 11.0. The highest BCUT2D eigenvalue weighted by atomic mass is 16.5. The normalized spacial score (nSPS) is 12.3. The van der Waals surface area contributed by atoms with Gasteiger partial charge in [0.05, 0.1) is 7.11 Å². The third-order valence-corrected chi connectivity index (χ3v) is 3.17. The van der Waals surface area contributed by atoms with E-state index < -0.39 is 0 Å². The number of ether oxygens (including phenoxy) is 1. The van der Waals surface area contributed by atoms with Gasteiger partial charge in [0.2, 0.25) is 0 Å². The van der Waals surface area contributed by atoms with Crippen LogP contribution >= 0.6 is 0 Å². The molecule has 1 aromatic rings. The molecule has 0 amide bonds. The average Bonchev–Trinajstić information content (AvgIpc) is 2.30. The second kappa shape index (κ2) is 5.82. The molecule has 94 valence electrons. The number of benzene rings is 1. The summed E-state index contributed by atoms with van der Waals surface area (Å²) >= 11 is 0. The van der Waals surface area contributed by atoms with Gasteiger partial charge >= 0.3 is 5.97 Å². The van der Waals surface area contributed by atoms with Gasteiger partial charge in [-0.15, -0.1) is 0 Å². The predicted octanol–water partition coefficient (Wildman–Crippen LogP) is 2.56. The van der Waals surface area contributed by atoms with E-state index in [0.29, 0.717) is 12.8 Å². The first-order valence-electron chi connectivity index (χ1n) is 5.86. The molecule has 0 bridgehead atoms. The number of carbonyl (C=O) groups excluding carboxylic acids is 1. The first-order chi connectivity index (χ1) is 7.95. The largest absolute Gasteiger partial charge is 0.469 e. The molecule has 2 N–H and O–H groups in total. The van der Waals surface area contributed by atoms with Crippen LogP contribution in [-0.4, -0.2) is 13.1 Å². The topological polar surface area (TPSA) is 52.3 Å². The van der Waals surface area contributed by atoms with Crippen LogP contribution in [0.4, 0.5) is 0 Å². The molecule has 3 nitrogen and oxygen atoms in total. The average molecular weight is 235 g/mol. The van der Waals surface area contributed by atoms with E-state index in [1.165, 1.54) is 23.8 Å². The molecule has 1 atom stereocenters. The highest BCUT2D eigenvalue weighted by molar-refractivity contribution is 5.69. The molecule has 17 heavy (non-hydrogen) atoms. The molecule has 0 radical (unpaired) electrons. The lowest BCUT2D eigenvalue weighted by Crippen LogP contribution is -2.14. The molecule has 1 aromatic carbocycles. The summed E-state index contributed by atoms with van der Waals surface area (Å²) < 4.78 is 4.62. The fourth-order valence-electron chi connectivity index (χ4n) is 1.91. The van der Waals surface area contributed by atoms with Crippen LogP contribution in [0.1, 0.15) is 41.1 Å². The van der Waals surface area contributed by atoms with E-state index in [1.54, 1.807) is 0 Å². The van der Waals surface area contributed by atoms with Crippen LogP contribution in [0.15, 0.2) is 12.1 Å². The molecule has 0 aliphatic heterocycles. The fraction of sp³-hybridized carbons (Fsp3) is 0.500. The molecule has 0 aliphatic carbocycles. The lowest BCUT2D eigenvalue weighted by molar-refractivity contribution is -0.140. The lowest BCUT2D eigenvalue weighted by Gasteiger charge is -2.16. The molecule has 0 saturated carbocycles. The molecule has 0 heterocycles. The van der Waals surface area contributed by atoms with Crippen molar-refractivity contribution in [3.63, 3.8) is 0 Å². The quantitative estimate of drug-likeness (QED) is 0.816. The van der Waals surface area contributed by atoms with E-state index in [4.69, 9.17) is 5.73 Å². The number of nitrogens with two attached hydrogens (primary N) is 1. The van der Waals surface area contributed by atoms with E-state index >= 15 is 0 Å². The van der Waals surface area contributed by atoms with Crippen LogP contribution < -0.4 is 5.73 Å². The number of aryl methyl sites for hydroxylation is 3. The maximum Gasteiger partial charge on any atom is 0.305 e. The summed E-state index contributed by atoms with van der Waals surface area (Å²) in [5.74, 6) is -0.207. The molecule has 0 aromatic heterocycles. The van der Waals surface area contributed by atoms with E-state index in [0.717, 1.165) is 5.56 Å². The number of hydrogen-bond acceptors (Lipinski definition) is 3. The summed E-state index contributed by atoms with van der Waals surface area (Å²) in [6.45, 7) is 6.22. The van der Waals surface area contributed by atoms with Crippen LogP contribution in [0.5, 0.6) is 0 Å². The van der Waals surface area contributed by atoms with Crippen LogP contribution in [0, 0.1) is 20.8 Å². The molecule has 1 rings (SSSR count). The molecule has 0 aliphatic rings. The number of rotatable bonds is 4. The summed E-state index contributed by atoms with van der Waals surface area (Å²) in [6.07, 6.45) is 0.986. The van der Waals surface area contributed by atoms with Gasteiger partial charge in [-0.25, -0.2) is 0 Å². The molecule has 0 saturated heterocycles. The Morgan fingerprint density at radius 1 is 1.24 bits per heavy atom. The molecule has 1 unspecified atom stereocenters. The van der Waals surface area contributed by atoms with Crippen molar-refractivity contribution in [1.82, 2.24) is 0 Å². The zero-order valence-electron chi connectivity index (χ0n) is 11.0. The van der Waals surface area contributed by atoms with Crippen LogP contribution in [-0.2, 0) is 9.53 Å². The Kier molecular flexibility index (Phi) is 4.70. The minimum absolute atomic E-state index is 0.103. The SMILES string of the molecule is COC(=O)CCC(N)c1cc(C)c(C)cc1C. The summed E-state index contributed by atoms with van der Waals surface area (Å²) in [4.78, 5) is 11.1. The number of hydrogen-bond donors (Lipinski definition) is 1. The Labute approximate surface area is 103 Å². The second-order valence-corrected chi connectivity index (χ2v) is 4.51. The van der Waals surface area contributed by atoms with Crippen LogP contribution in [0.3, 0.4) is 0 Å². The lowest BCUT2D eigenvalue weighted by atomic mass is 9.94. The second-order valence-electron chi connectivity index (χ2n) is 4.51. The highest BCUT2D eigenvalue weighted by Crippen LogP contribution is 2.23. The van der Waals surface area contributed by atoms with Crippen molar-refractivity contribution in [1.29, 1.82) is 0 Å². The highest BCUT2D eigenvalue weighted by Gasteiger charge is 2.12. The summed E-state index contributed by atoms with van der Waals surface area (Å²) in [6, 6.07) is 4.16. The van der Waals surface area contributed by atoms with Crippen LogP contribution in [0.25, 0.3) is 0 Å². The minimum Gasteiger partial charge on any atom is -0.469 e. The third-order valence-electron chi connectivity index (χ3n) is 3.17. The third kappa shape index (κ3) is 3.56. The summed E-state index contributed by atoms with van der Waals surface area (Å²) in [5.41, 5.74) is 10.9. The monoisotopic (exact) mass is 235 g/mol. The van der Waals surface area contributed by atoms with Gasteiger partial charge in [0.15, 0.2) is 0 Å². The first kappa shape index (κ1) is 13.7. The standard InChI is InChI=1S/C14H21NO2/c1-9-7-11(3)12(8-10(9)2)13(15)5-6-14(16)17-4/h7-8,13H,5-6,15H2,1-4H3. The molecule has 0 spiro atoms. The number of esters is 1. The zero-order chi connectivity index (χ0) is 13.0. The van der Waals surface area contributed by atoms with E-state index in [1.807, 2.05) is 0 Å². The van der Waals surface area contributed by atoms with Crippen molar-refractivity contribution in [2.45, 2.75) is 39.7 Å². The van der Waals surface area contributed by atoms with E-state index in [9.17, 15) is 4.79 Å². The van der Waals surface area contributed by atoms with Crippen LogP contribution in [0.2, 0.25) is 0 Å². The van der Waals surface area contributed by atoms with Gasteiger partial charge in [-0.05, 0) is 49.4 Å². The Balaban J connectivity index is 2.78. The van der Waals surface area contributed by atoms with E-state index in [2.05, 4.69) is 37.6 Å². The minimum atomic E-state index is -0.207. The van der Waals surface area contributed by atoms with Gasteiger partial charge in [0.1, 0.15) is 0 Å². The van der Waals surface area contributed by atoms with Crippen molar-refractivity contribution >= 4 is 5.97 Å². The maximum absolute atomic E-state index is 11.1. The van der Waals surface area contributed by atoms with E-state index in [-0.39, 0.29) is 12.0 Å². The Morgan fingerprint density at radius 3 is 2.41 bits per heavy atom. The molecular weight excluding hydrogens is 214 g/mol. The molecule has 0 fully saturated rings. The van der Waals surface area contributed by atoms with Crippen molar-refractivity contribution in [3.05, 3.63) is 34.4 Å². The Bertz CT molecular complexity index is 413. The molecular formula is C14H21NO2. The molecule has 3 heteroatoms. The van der Waals surface area contributed by atoms with Gasteiger partial charge in [0.25, 0.3) is 0 Å². The fourth-order valence-corrected chi connectivity index (χ4v) is 1.91. The Hall–Kier alpha value is -1.35. The van der Waals surface area contributed by atoms with Gasteiger partial charge in [-0.3, -0.25) is 4.79 Å². The van der Waals surface area contributed by atoms with Gasteiger partial charge in [-0.1, -0.05) is 12.1 Å². The Morgan fingerprint density at radius 2 is 1.82 bits per heavy atom. The van der Waals surface area contributed by atoms with Crippen molar-refractivity contribution < 1.29 is 9.53 Å². The predicted molar refractivity (Wildman–Crippen MR) is 68.8 cm³/mol. The van der Waals surface area contributed by atoms with Gasteiger partial charge < -0.3 is 10.5 Å². The maximum atomic E-state index is 11.1. The van der Waals surface area contributed by atoms with Gasteiger partial charge in [-0.2, -0.15) is 0 Å². The van der Waals surface area contributed by atoms with Crippen molar-refractivity contribution in [3.8, 4) is 0 Å².